The van der Waals surface area contributed by atoms with Crippen molar-refractivity contribution in [3.8, 4) is 0 Å². The number of hydrogen-bond acceptors (Lipinski definition) is 5. The highest BCUT2D eigenvalue weighted by atomic mass is 16.5. The highest BCUT2D eigenvalue weighted by Gasteiger charge is 2.34. The molecule has 2 rings (SSSR count). The molecular formula is C15H17N3O5. The fraction of sp³-hybridized carbons (Fsp3) is 0.333. The Bertz CT molecular complexity index is 609. The lowest BCUT2D eigenvalue weighted by atomic mass is 10.1. The van der Waals surface area contributed by atoms with Gasteiger partial charge in [-0.1, -0.05) is 12.1 Å². The minimum absolute atomic E-state index is 0.0718. The lowest BCUT2D eigenvalue weighted by Crippen LogP contribution is -2.42. The largest absolute Gasteiger partial charge is 0.469 e. The maximum Gasteiger partial charge on any atom is 0.314 e. The Balaban J connectivity index is 1.75. The molecule has 0 saturated heterocycles. The minimum Gasteiger partial charge on any atom is -0.469 e. The van der Waals surface area contributed by atoms with E-state index in [-0.39, 0.29) is 37.9 Å². The Hall–Kier alpha value is -2.90. The van der Waals surface area contributed by atoms with Gasteiger partial charge in [0, 0.05) is 19.6 Å². The van der Waals surface area contributed by atoms with Gasteiger partial charge in [0.2, 0.25) is 0 Å². The standard InChI is InChI=1S/C15H17N3O5/c1-23-12(19)6-7-16-15(22)17-8-9-18-13(20)10-4-2-3-5-11(10)14(18)21/h2-5H,6-9H2,1H3,(H2,16,17,22). The Morgan fingerprint density at radius 3 is 2.17 bits per heavy atom. The fourth-order valence-electron chi connectivity index (χ4n) is 2.17. The number of imide groups is 1. The van der Waals surface area contributed by atoms with Gasteiger partial charge in [0.25, 0.3) is 11.8 Å². The van der Waals surface area contributed by atoms with Crippen LogP contribution in [0.1, 0.15) is 27.1 Å². The summed E-state index contributed by atoms with van der Waals surface area (Å²) in [4.78, 5) is 47.7. The van der Waals surface area contributed by atoms with Crippen LogP contribution in [0, 0.1) is 0 Å². The number of esters is 1. The van der Waals surface area contributed by atoms with Crippen LogP contribution in [0.15, 0.2) is 24.3 Å². The van der Waals surface area contributed by atoms with E-state index in [0.717, 1.165) is 4.90 Å². The van der Waals surface area contributed by atoms with Gasteiger partial charge in [0.1, 0.15) is 0 Å². The summed E-state index contributed by atoms with van der Waals surface area (Å²) in [5.74, 6) is -1.15. The molecule has 122 valence electrons. The number of hydrogen-bond donors (Lipinski definition) is 2. The number of rotatable bonds is 6. The number of carbonyl (C=O) groups is 4. The molecule has 1 heterocycles. The normalized spacial score (nSPS) is 12.8. The predicted molar refractivity (Wildman–Crippen MR) is 79.8 cm³/mol. The summed E-state index contributed by atoms with van der Waals surface area (Å²) >= 11 is 0. The average molecular weight is 319 g/mol. The summed E-state index contributed by atoms with van der Waals surface area (Å²) < 4.78 is 4.44. The molecule has 0 atom stereocenters. The SMILES string of the molecule is COC(=O)CCNC(=O)NCCN1C(=O)c2ccccc2C1=O. The van der Waals surface area contributed by atoms with Gasteiger partial charge in [0.15, 0.2) is 0 Å². The number of carbonyl (C=O) groups excluding carboxylic acids is 4. The average Bonchev–Trinajstić information content (AvgIpc) is 2.80. The summed E-state index contributed by atoms with van der Waals surface area (Å²) in [6.07, 6.45) is 0.0718. The number of methoxy groups -OCH3 is 1. The van der Waals surface area contributed by atoms with E-state index in [0.29, 0.717) is 11.1 Å². The van der Waals surface area contributed by atoms with Gasteiger partial charge in [-0.3, -0.25) is 19.3 Å². The van der Waals surface area contributed by atoms with E-state index in [1.807, 2.05) is 0 Å². The van der Waals surface area contributed by atoms with E-state index < -0.39 is 12.0 Å². The van der Waals surface area contributed by atoms with Crippen molar-refractivity contribution in [2.24, 2.45) is 0 Å². The molecule has 0 unspecified atom stereocenters. The number of nitrogens with one attached hydrogen (secondary N) is 2. The van der Waals surface area contributed by atoms with Crippen LogP contribution in [0.2, 0.25) is 0 Å². The number of fused-ring (bicyclic) bond motifs is 1. The third-order valence-electron chi connectivity index (χ3n) is 3.34. The first-order valence-electron chi connectivity index (χ1n) is 7.08. The van der Waals surface area contributed by atoms with Crippen LogP contribution in [0.3, 0.4) is 0 Å². The Morgan fingerprint density at radius 1 is 1.04 bits per heavy atom. The maximum atomic E-state index is 12.1. The van der Waals surface area contributed by atoms with Crippen molar-refractivity contribution in [2.45, 2.75) is 6.42 Å². The first-order valence-corrected chi connectivity index (χ1v) is 7.08. The Kier molecular flexibility index (Phi) is 5.29. The highest BCUT2D eigenvalue weighted by molar-refractivity contribution is 6.21. The molecule has 0 aromatic heterocycles. The molecule has 0 bridgehead atoms. The van der Waals surface area contributed by atoms with Crippen molar-refractivity contribution in [2.75, 3.05) is 26.7 Å². The van der Waals surface area contributed by atoms with Crippen LogP contribution >= 0.6 is 0 Å². The summed E-state index contributed by atoms with van der Waals surface area (Å²) in [5, 5.41) is 4.99. The quantitative estimate of drug-likeness (QED) is 0.573. The van der Waals surface area contributed by atoms with Crippen molar-refractivity contribution in [3.63, 3.8) is 0 Å². The number of benzene rings is 1. The number of nitrogens with zero attached hydrogens (tertiary/aromatic N) is 1. The molecule has 1 aromatic rings. The third kappa shape index (κ3) is 3.85. The first kappa shape index (κ1) is 16.5. The molecule has 0 spiro atoms. The topological polar surface area (TPSA) is 105 Å². The van der Waals surface area contributed by atoms with Crippen molar-refractivity contribution >= 4 is 23.8 Å². The second-order valence-corrected chi connectivity index (χ2v) is 4.82. The molecule has 4 amide bonds. The van der Waals surface area contributed by atoms with E-state index in [2.05, 4.69) is 15.4 Å². The molecule has 0 fully saturated rings. The van der Waals surface area contributed by atoms with Crippen molar-refractivity contribution in [1.82, 2.24) is 15.5 Å². The second-order valence-electron chi connectivity index (χ2n) is 4.82. The lowest BCUT2D eigenvalue weighted by Gasteiger charge is -2.14. The molecule has 1 aromatic carbocycles. The van der Waals surface area contributed by atoms with E-state index in [4.69, 9.17) is 0 Å². The molecule has 0 saturated carbocycles. The van der Waals surface area contributed by atoms with Crippen LogP contribution in [0.4, 0.5) is 4.79 Å². The predicted octanol–water partition coefficient (Wildman–Crippen LogP) is 0.145. The van der Waals surface area contributed by atoms with Gasteiger partial charge in [-0.05, 0) is 12.1 Å². The molecule has 1 aliphatic rings. The molecule has 2 N–H and O–H groups in total. The molecule has 8 nitrogen and oxygen atoms in total. The van der Waals surface area contributed by atoms with Gasteiger partial charge in [-0.2, -0.15) is 0 Å². The van der Waals surface area contributed by atoms with Crippen LogP contribution in [0.5, 0.6) is 0 Å². The van der Waals surface area contributed by atoms with E-state index in [9.17, 15) is 19.2 Å². The number of urea groups is 1. The van der Waals surface area contributed by atoms with E-state index in [1.165, 1.54) is 7.11 Å². The first-order chi connectivity index (χ1) is 11.0. The number of amides is 4. The fourth-order valence-corrected chi connectivity index (χ4v) is 2.17. The van der Waals surface area contributed by atoms with Crippen LogP contribution in [0.25, 0.3) is 0 Å². The molecule has 0 aliphatic carbocycles. The molecular weight excluding hydrogens is 302 g/mol. The van der Waals surface area contributed by atoms with Gasteiger partial charge in [-0.25, -0.2) is 4.79 Å². The maximum absolute atomic E-state index is 12.1. The van der Waals surface area contributed by atoms with Crippen LogP contribution in [-0.2, 0) is 9.53 Å². The zero-order chi connectivity index (χ0) is 16.8. The molecule has 8 heteroatoms. The van der Waals surface area contributed by atoms with Crippen molar-refractivity contribution < 1.29 is 23.9 Å². The molecule has 1 aliphatic heterocycles. The summed E-state index contributed by atoms with van der Waals surface area (Å²) in [5.41, 5.74) is 0.750. The smallest absolute Gasteiger partial charge is 0.314 e. The van der Waals surface area contributed by atoms with Crippen molar-refractivity contribution in [1.29, 1.82) is 0 Å². The molecule has 0 radical (unpaired) electrons. The number of ether oxygens (including phenoxy) is 1. The van der Waals surface area contributed by atoms with Gasteiger partial charge >= 0.3 is 12.0 Å². The summed E-state index contributed by atoms with van der Waals surface area (Å²) in [6.45, 7) is 0.345. The minimum atomic E-state index is -0.481. The van der Waals surface area contributed by atoms with Gasteiger partial charge < -0.3 is 15.4 Å². The zero-order valence-corrected chi connectivity index (χ0v) is 12.6. The van der Waals surface area contributed by atoms with Gasteiger partial charge in [0.05, 0.1) is 24.7 Å². The monoisotopic (exact) mass is 319 g/mol. The third-order valence-corrected chi connectivity index (χ3v) is 3.34. The molecule has 23 heavy (non-hydrogen) atoms. The second kappa shape index (κ2) is 7.39. The van der Waals surface area contributed by atoms with Crippen LogP contribution < -0.4 is 10.6 Å². The van der Waals surface area contributed by atoms with Crippen LogP contribution in [-0.4, -0.2) is 55.5 Å². The zero-order valence-electron chi connectivity index (χ0n) is 12.6. The Morgan fingerprint density at radius 2 is 1.61 bits per heavy atom. The summed E-state index contributed by atoms with van der Waals surface area (Å²) in [6, 6.07) is 6.11. The van der Waals surface area contributed by atoms with E-state index >= 15 is 0 Å². The van der Waals surface area contributed by atoms with E-state index in [1.54, 1.807) is 24.3 Å². The summed E-state index contributed by atoms with van der Waals surface area (Å²) in [7, 11) is 1.27. The highest BCUT2D eigenvalue weighted by Crippen LogP contribution is 2.21. The lowest BCUT2D eigenvalue weighted by molar-refractivity contribution is -0.140. The van der Waals surface area contributed by atoms with Gasteiger partial charge in [-0.15, -0.1) is 0 Å². The van der Waals surface area contributed by atoms with Crippen molar-refractivity contribution in [3.05, 3.63) is 35.4 Å². The Labute approximate surface area is 132 Å².